The van der Waals surface area contributed by atoms with Gasteiger partial charge in [0.15, 0.2) is 0 Å². The lowest BCUT2D eigenvalue weighted by Gasteiger charge is -2.30. The van der Waals surface area contributed by atoms with Gasteiger partial charge in [-0.05, 0) is 37.3 Å². The quantitative estimate of drug-likeness (QED) is 0.859. The van der Waals surface area contributed by atoms with Crippen LogP contribution in [0.25, 0.3) is 0 Å². The van der Waals surface area contributed by atoms with E-state index >= 15 is 0 Å². The fourth-order valence-electron chi connectivity index (χ4n) is 2.40. The van der Waals surface area contributed by atoms with Gasteiger partial charge >= 0.3 is 0 Å². The molecule has 1 aliphatic heterocycles. The van der Waals surface area contributed by atoms with E-state index in [2.05, 4.69) is 5.32 Å². The zero-order chi connectivity index (χ0) is 15.5. The molecule has 0 aromatic heterocycles. The molecule has 1 atom stereocenters. The van der Waals surface area contributed by atoms with Crippen molar-refractivity contribution < 1.29 is 13.2 Å². The molecule has 1 aromatic rings. The van der Waals surface area contributed by atoms with E-state index in [0.29, 0.717) is 6.54 Å². The van der Waals surface area contributed by atoms with Crippen LogP contribution in [0.5, 0.6) is 0 Å². The first-order chi connectivity index (χ1) is 9.90. The van der Waals surface area contributed by atoms with Crippen LogP contribution in [0.15, 0.2) is 29.2 Å². The van der Waals surface area contributed by atoms with Gasteiger partial charge in [0.1, 0.15) is 0 Å². The minimum atomic E-state index is -3.23. The predicted octanol–water partition coefficient (Wildman–Crippen LogP) is 2.02. The van der Waals surface area contributed by atoms with Crippen LogP contribution in [-0.2, 0) is 14.8 Å². The van der Waals surface area contributed by atoms with Crippen LogP contribution in [0.4, 0.5) is 5.69 Å². The fraction of sp³-hybridized carbons (Fsp3) is 0.500. The molecule has 0 bridgehead atoms. The molecule has 1 saturated heterocycles. The van der Waals surface area contributed by atoms with Crippen LogP contribution in [0.3, 0.4) is 0 Å². The summed E-state index contributed by atoms with van der Waals surface area (Å²) in [5.41, 5.74) is 0.753. The molecule has 116 valence electrons. The highest BCUT2D eigenvalue weighted by atomic mass is 32.2. The number of benzene rings is 1. The molecule has 5 nitrogen and oxygen atoms in total. The van der Waals surface area contributed by atoms with Crippen molar-refractivity contribution in [3.8, 4) is 0 Å². The standard InChI is InChI=1S/C14H20N2O3S2/c1-20-13-7-3-6-12(9-13)15-14(17)11-5-4-8-16(10-11)21(2,18)19/h3,6-7,9,11H,4-5,8,10H2,1-2H3,(H,15,17)/t11-/m1/s1. The van der Waals surface area contributed by atoms with Gasteiger partial charge in [0.25, 0.3) is 0 Å². The number of nitrogens with one attached hydrogen (secondary N) is 1. The number of carbonyl (C=O) groups excluding carboxylic acids is 1. The summed E-state index contributed by atoms with van der Waals surface area (Å²) in [6, 6.07) is 7.63. The van der Waals surface area contributed by atoms with Crippen LogP contribution in [-0.4, -0.2) is 44.2 Å². The molecule has 1 aliphatic rings. The van der Waals surface area contributed by atoms with Gasteiger partial charge in [-0.1, -0.05) is 6.07 Å². The van der Waals surface area contributed by atoms with Crippen molar-refractivity contribution in [3.05, 3.63) is 24.3 Å². The Labute approximate surface area is 130 Å². The minimum absolute atomic E-state index is 0.110. The first kappa shape index (κ1) is 16.3. The second-order valence-electron chi connectivity index (χ2n) is 5.18. The second-order valence-corrected chi connectivity index (χ2v) is 8.04. The number of anilines is 1. The Morgan fingerprint density at radius 3 is 2.86 bits per heavy atom. The number of thioether (sulfide) groups is 1. The fourth-order valence-corrected chi connectivity index (χ4v) is 3.77. The molecule has 21 heavy (non-hydrogen) atoms. The molecule has 0 saturated carbocycles. The third kappa shape index (κ3) is 4.46. The summed E-state index contributed by atoms with van der Waals surface area (Å²) >= 11 is 1.61. The molecular weight excluding hydrogens is 308 g/mol. The number of hydrogen-bond donors (Lipinski definition) is 1. The molecule has 0 aliphatic carbocycles. The summed E-state index contributed by atoms with van der Waals surface area (Å²) in [5, 5.41) is 2.88. The van der Waals surface area contributed by atoms with Crippen molar-refractivity contribution in [2.75, 3.05) is 30.9 Å². The van der Waals surface area contributed by atoms with Gasteiger partial charge in [-0.3, -0.25) is 4.79 Å². The van der Waals surface area contributed by atoms with Crippen LogP contribution in [0, 0.1) is 5.92 Å². The van der Waals surface area contributed by atoms with E-state index in [9.17, 15) is 13.2 Å². The van der Waals surface area contributed by atoms with Crippen molar-refractivity contribution >= 4 is 33.4 Å². The van der Waals surface area contributed by atoms with Crippen molar-refractivity contribution in [1.82, 2.24) is 4.31 Å². The number of hydrogen-bond acceptors (Lipinski definition) is 4. The number of nitrogens with zero attached hydrogens (tertiary/aromatic N) is 1. The number of piperidine rings is 1. The molecule has 1 amide bonds. The highest BCUT2D eigenvalue weighted by Crippen LogP contribution is 2.22. The first-order valence-electron chi connectivity index (χ1n) is 6.80. The summed E-state index contributed by atoms with van der Waals surface area (Å²) < 4.78 is 24.6. The van der Waals surface area contributed by atoms with Gasteiger partial charge in [-0.2, -0.15) is 0 Å². The van der Waals surface area contributed by atoms with Gasteiger partial charge < -0.3 is 5.32 Å². The van der Waals surface area contributed by atoms with E-state index in [-0.39, 0.29) is 18.4 Å². The maximum atomic E-state index is 12.3. The highest BCUT2D eigenvalue weighted by Gasteiger charge is 2.30. The summed E-state index contributed by atoms with van der Waals surface area (Å²) in [6.45, 7) is 0.775. The maximum Gasteiger partial charge on any atom is 0.228 e. The molecule has 0 spiro atoms. The Balaban J connectivity index is 2.02. The summed E-state index contributed by atoms with van der Waals surface area (Å²) in [7, 11) is -3.23. The molecule has 2 rings (SSSR count). The van der Waals surface area contributed by atoms with Crippen molar-refractivity contribution in [3.63, 3.8) is 0 Å². The Morgan fingerprint density at radius 1 is 1.43 bits per heavy atom. The van der Waals surface area contributed by atoms with Crippen molar-refractivity contribution in [2.24, 2.45) is 5.92 Å². The number of carbonyl (C=O) groups is 1. The molecule has 1 heterocycles. The van der Waals surface area contributed by atoms with Crippen LogP contribution < -0.4 is 5.32 Å². The minimum Gasteiger partial charge on any atom is -0.326 e. The molecular formula is C14H20N2O3S2. The lowest BCUT2D eigenvalue weighted by molar-refractivity contribution is -0.120. The van der Waals surface area contributed by atoms with E-state index in [1.165, 1.54) is 10.6 Å². The van der Waals surface area contributed by atoms with E-state index in [4.69, 9.17) is 0 Å². The normalized spacial score (nSPS) is 20.2. The third-order valence-corrected chi connectivity index (χ3v) is 5.56. The Hall–Kier alpha value is -1.05. The van der Waals surface area contributed by atoms with Gasteiger partial charge in [-0.15, -0.1) is 11.8 Å². The summed E-state index contributed by atoms with van der Waals surface area (Å²) in [5.74, 6) is -0.395. The van der Waals surface area contributed by atoms with Crippen LogP contribution >= 0.6 is 11.8 Å². The lowest BCUT2D eigenvalue weighted by atomic mass is 9.99. The lowest BCUT2D eigenvalue weighted by Crippen LogP contribution is -2.43. The Kier molecular flexibility index (Phi) is 5.29. The molecule has 0 unspecified atom stereocenters. The number of amides is 1. The van der Waals surface area contributed by atoms with Gasteiger partial charge in [-0.25, -0.2) is 12.7 Å². The van der Waals surface area contributed by atoms with Crippen molar-refractivity contribution in [1.29, 1.82) is 0 Å². The van der Waals surface area contributed by atoms with E-state index < -0.39 is 10.0 Å². The predicted molar refractivity (Wildman–Crippen MR) is 86.0 cm³/mol. The van der Waals surface area contributed by atoms with Gasteiger partial charge in [0.2, 0.25) is 15.9 Å². The average Bonchev–Trinajstić information content (AvgIpc) is 2.46. The van der Waals surface area contributed by atoms with Crippen molar-refractivity contribution in [2.45, 2.75) is 17.7 Å². The van der Waals surface area contributed by atoms with E-state index in [0.717, 1.165) is 23.4 Å². The van der Waals surface area contributed by atoms with Gasteiger partial charge in [0, 0.05) is 23.7 Å². The van der Waals surface area contributed by atoms with Crippen LogP contribution in [0.2, 0.25) is 0 Å². The number of rotatable bonds is 4. The molecule has 1 aromatic carbocycles. The van der Waals surface area contributed by atoms with Gasteiger partial charge in [0.05, 0.1) is 12.2 Å². The topological polar surface area (TPSA) is 66.5 Å². The smallest absolute Gasteiger partial charge is 0.228 e. The third-order valence-electron chi connectivity index (χ3n) is 3.56. The Bertz CT molecular complexity index is 616. The zero-order valence-electron chi connectivity index (χ0n) is 12.2. The summed E-state index contributed by atoms with van der Waals surface area (Å²) in [4.78, 5) is 13.4. The molecule has 1 fully saturated rings. The van der Waals surface area contributed by atoms with Crippen LogP contribution in [0.1, 0.15) is 12.8 Å². The van der Waals surface area contributed by atoms with E-state index in [1.807, 2.05) is 30.5 Å². The molecule has 1 N–H and O–H groups in total. The largest absolute Gasteiger partial charge is 0.326 e. The highest BCUT2D eigenvalue weighted by molar-refractivity contribution is 7.98. The zero-order valence-corrected chi connectivity index (χ0v) is 13.8. The molecule has 7 heteroatoms. The number of sulfonamides is 1. The molecule has 0 radical (unpaired) electrons. The summed E-state index contributed by atoms with van der Waals surface area (Å²) in [6.07, 6.45) is 4.61. The first-order valence-corrected chi connectivity index (χ1v) is 9.87. The monoisotopic (exact) mass is 328 g/mol. The Morgan fingerprint density at radius 2 is 2.19 bits per heavy atom. The average molecular weight is 328 g/mol. The second kappa shape index (κ2) is 6.81. The van der Waals surface area contributed by atoms with E-state index in [1.54, 1.807) is 11.8 Å². The SMILES string of the molecule is CSc1cccc(NC(=O)[C@@H]2CCCN(S(C)(=O)=O)C2)c1. The maximum absolute atomic E-state index is 12.3.